The molecular formula is C13H15Cl2N3. The zero-order valence-corrected chi connectivity index (χ0v) is 11.7. The molecule has 1 fully saturated rings. The average Bonchev–Trinajstić information content (AvgIpc) is 2.37. The van der Waals surface area contributed by atoms with E-state index in [9.17, 15) is 5.26 Å². The van der Waals surface area contributed by atoms with E-state index in [0.717, 1.165) is 31.7 Å². The van der Waals surface area contributed by atoms with E-state index in [1.165, 1.54) is 0 Å². The summed E-state index contributed by atoms with van der Waals surface area (Å²) in [6, 6.07) is 7.47. The minimum absolute atomic E-state index is 0.315. The number of nitriles is 1. The maximum Gasteiger partial charge on any atom is 0.125 e. The first-order chi connectivity index (χ1) is 8.63. The summed E-state index contributed by atoms with van der Waals surface area (Å²) in [4.78, 5) is 4.40. The van der Waals surface area contributed by atoms with Gasteiger partial charge in [0, 0.05) is 31.7 Å². The molecule has 1 aliphatic rings. The van der Waals surface area contributed by atoms with Crippen molar-refractivity contribution in [1.82, 2.24) is 9.80 Å². The van der Waals surface area contributed by atoms with E-state index < -0.39 is 0 Å². The monoisotopic (exact) mass is 283 g/mol. The van der Waals surface area contributed by atoms with Gasteiger partial charge in [0.05, 0.1) is 16.1 Å². The summed E-state index contributed by atoms with van der Waals surface area (Å²) in [5, 5.41) is 10.4. The summed E-state index contributed by atoms with van der Waals surface area (Å²) < 4.78 is 0. The standard InChI is InChI=1S/C13H15Cl2N3/c1-17-5-7-18(8-6-17)12(9-16)10-3-2-4-11(14)13(10)15/h2-4,12H,5-8H2,1H3. The predicted octanol–water partition coefficient (Wildman–Crippen LogP) is 2.81. The third-order valence-electron chi connectivity index (χ3n) is 3.30. The Hall–Kier alpha value is -0.790. The molecular weight excluding hydrogens is 269 g/mol. The number of hydrogen-bond donors (Lipinski definition) is 0. The Kier molecular flexibility index (Phi) is 4.47. The van der Waals surface area contributed by atoms with Crippen molar-refractivity contribution >= 4 is 23.2 Å². The second-order valence-electron chi connectivity index (χ2n) is 4.51. The lowest BCUT2D eigenvalue weighted by molar-refractivity contribution is 0.133. The molecule has 0 amide bonds. The van der Waals surface area contributed by atoms with Crippen LogP contribution in [0.1, 0.15) is 11.6 Å². The quantitative estimate of drug-likeness (QED) is 0.836. The summed E-state index contributed by atoms with van der Waals surface area (Å²) in [5.74, 6) is 0. The smallest absolute Gasteiger partial charge is 0.125 e. The number of piperazine rings is 1. The highest BCUT2D eigenvalue weighted by Crippen LogP contribution is 2.32. The van der Waals surface area contributed by atoms with Crippen LogP contribution in [-0.2, 0) is 0 Å². The van der Waals surface area contributed by atoms with Crippen molar-refractivity contribution in [3.63, 3.8) is 0 Å². The highest BCUT2D eigenvalue weighted by molar-refractivity contribution is 6.42. The Bertz CT molecular complexity index is 462. The number of likely N-dealkylation sites (N-methyl/N-ethyl adjacent to an activating group) is 1. The Balaban J connectivity index is 2.24. The van der Waals surface area contributed by atoms with Gasteiger partial charge in [-0.05, 0) is 13.1 Å². The zero-order chi connectivity index (χ0) is 13.1. The van der Waals surface area contributed by atoms with E-state index in [-0.39, 0.29) is 6.04 Å². The molecule has 1 aromatic rings. The molecule has 0 aliphatic carbocycles. The zero-order valence-electron chi connectivity index (χ0n) is 10.2. The van der Waals surface area contributed by atoms with Gasteiger partial charge in [0.25, 0.3) is 0 Å². The van der Waals surface area contributed by atoms with Crippen LogP contribution < -0.4 is 0 Å². The Morgan fingerprint density at radius 3 is 2.50 bits per heavy atom. The molecule has 1 atom stereocenters. The van der Waals surface area contributed by atoms with Crippen molar-refractivity contribution in [2.45, 2.75) is 6.04 Å². The normalized spacial score (nSPS) is 19.4. The highest BCUT2D eigenvalue weighted by Gasteiger charge is 2.25. The molecule has 1 aromatic carbocycles. The maximum absolute atomic E-state index is 9.41. The van der Waals surface area contributed by atoms with Crippen LogP contribution in [0.5, 0.6) is 0 Å². The molecule has 3 nitrogen and oxygen atoms in total. The molecule has 1 unspecified atom stereocenters. The van der Waals surface area contributed by atoms with Crippen LogP contribution in [-0.4, -0.2) is 43.0 Å². The van der Waals surface area contributed by atoms with Gasteiger partial charge in [-0.1, -0.05) is 35.3 Å². The van der Waals surface area contributed by atoms with Gasteiger partial charge in [0.1, 0.15) is 6.04 Å². The minimum atomic E-state index is -0.315. The van der Waals surface area contributed by atoms with Crippen molar-refractivity contribution in [1.29, 1.82) is 5.26 Å². The number of hydrogen-bond acceptors (Lipinski definition) is 3. The fourth-order valence-corrected chi connectivity index (χ4v) is 2.57. The van der Waals surface area contributed by atoms with Gasteiger partial charge >= 0.3 is 0 Å². The largest absolute Gasteiger partial charge is 0.304 e. The summed E-state index contributed by atoms with van der Waals surface area (Å²) in [5.41, 5.74) is 0.802. The number of halogens is 2. The van der Waals surface area contributed by atoms with Crippen LogP contribution in [0.15, 0.2) is 18.2 Å². The fraction of sp³-hybridized carbons (Fsp3) is 0.462. The van der Waals surface area contributed by atoms with E-state index >= 15 is 0 Å². The van der Waals surface area contributed by atoms with Gasteiger partial charge in [-0.25, -0.2) is 0 Å². The number of benzene rings is 1. The van der Waals surface area contributed by atoms with E-state index in [1.54, 1.807) is 6.07 Å². The summed E-state index contributed by atoms with van der Waals surface area (Å²) in [6.45, 7) is 3.68. The second kappa shape index (κ2) is 5.90. The van der Waals surface area contributed by atoms with Crippen molar-refractivity contribution in [3.05, 3.63) is 33.8 Å². The van der Waals surface area contributed by atoms with E-state index in [0.29, 0.717) is 10.0 Å². The SMILES string of the molecule is CN1CCN(C(C#N)c2cccc(Cl)c2Cl)CC1. The average molecular weight is 284 g/mol. The van der Waals surface area contributed by atoms with Crippen LogP contribution in [0.4, 0.5) is 0 Å². The molecule has 2 rings (SSSR count). The molecule has 1 aliphatic heterocycles. The molecule has 96 valence electrons. The molecule has 1 saturated heterocycles. The first kappa shape index (κ1) is 13.6. The van der Waals surface area contributed by atoms with Crippen LogP contribution in [0, 0.1) is 11.3 Å². The molecule has 0 aromatic heterocycles. The topological polar surface area (TPSA) is 30.3 Å². The van der Waals surface area contributed by atoms with Gasteiger partial charge < -0.3 is 4.90 Å². The van der Waals surface area contributed by atoms with Gasteiger partial charge in [0.15, 0.2) is 0 Å². The Labute approximate surface area is 117 Å². The summed E-state index contributed by atoms with van der Waals surface area (Å²) >= 11 is 12.2. The second-order valence-corrected chi connectivity index (χ2v) is 5.30. The third-order valence-corrected chi connectivity index (χ3v) is 4.13. The van der Waals surface area contributed by atoms with Gasteiger partial charge in [-0.15, -0.1) is 0 Å². The first-order valence-electron chi connectivity index (χ1n) is 5.89. The van der Waals surface area contributed by atoms with Gasteiger partial charge in [0.2, 0.25) is 0 Å². The fourth-order valence-electron chi connectivity index (χ4n) is 2.16. The van der Waals surface area contributed by atoms with E-state index in [1.807, 2.05) is 12.1 Å². The van der Waals surface area contributed by atoms with Gasteiger partial charge in [-0.2, -0.15) is 5.26 Å². The molecule has 0 bridgehead atoms. The maximum atomic E-state index is 9.41. The van der Waals surface area contributed by atoms with E-state index in [4.69, 9.17) is 23.2 Å². The number of rotatable bonds is 2. The molecule has 0 radical (unpaired) electrons. The van der Waals surface area contributed by atoms with Crippen LogP contribution in [0.2, 0.25) is 10.0 Å². The van der Waals surface area contributed by atoms with Crippen LogP contribution in [0.25, 0.3) is 0 Å². The molecule has 0 saturated carbocycles. The number of nitrogens with zero attached hydrogens (tertiary/aromatic N) is 3. The summed E-state index contributed by atoms with van der Waals surface area (Å²) in [7, 11) is 2.09. The van der Waals surface area contributed by atoms with Gasteiger partial charge in [-0.3, -0.25) is 4.90 Å². The van der Waals surface area contributed by atoms with Crippen LogP contribution in [0.3, 0.4) is 0 Å². The first-order valence-corrected chi connectivity index (χ1v) is 6.65. The Morgan fingerprint density at radius 1 is 1.22 bits per heavy atom. The molecule has 0 N–H and O–H groups in total. The third kappa shape index (κ3) is 2.78. The molecule has 18 heavy (non-hydrogen) atoms. The molecule has 5 heteroatoms. The van der Waals surface area contributed by atoms with E-state index in [2.05, 4.69) is 22.9 Å². The molecule has 0 spiro atoms. The summed E-state index contributed by atoms with van der Waals surface area (Å²) in [6.07, 6.45) is 0. The predicted molar refractivity (Wildman–Crippen MR) is 73.9 cm³/mol. The van der Waals surface area contributed by atoms with Crippen molar-refractivity contribution in [2.75, 3.05) is 33.2 Å². The van der Waals surface area contributed by atoms with Crippen LogP contribution >= 0.6 is 23.2 Å². The lowest BCUT2D eigenvalue weighted by atomic mass is 10.1. The Morgan fingerprint density at radius 2 is 1.89 bits per heavy atom. The lowest BCUT2D eigenvalue weighted by Gasteiger charge is -2.35. The van der Waals surface area contributed by atoms with Crippen molar-refractivity contribution < 1.29 is 0 Å². The highest BCUT2D eigenvalue weighted by atomic mass is 35.5. The van der Waals surface area contributed by atoms with Crippen molar-refractivity contribution in [2.24, 2.45) is 0 Å². The minimum Gasteiger partial charge on any atom is -0.304 e. The lowest BCUT2D eigenvalue weighted by Crippen LogP contribution is -2.45. The molecule has 1 heterocycles. The van der Waals surface area contributed by atoms with Crippen molar-refractivity contribution in [3.8, 4) is 6.07 Å².